The summed E-state index contributed by atoms with van der Waals surface area (Å²) in [6.07, 6.45) is 3.69. The Hall–Kier alpha value is -1.27. The van der Waals surface area contributed by atoms with Gasteiger partial charge in [0.15, 0.2) is 4.60 Å². The third kappa shape index (κ3) is 2.94. The first kappa shape index (κ1) is 13.2. The molecule has 2 aromatic heterocycles. The molecule has 0 aliphatic rings. The molecule has 2 rings (SSSR count). The van der Waals surface area contributed by atoms with Crippen molar-refractivity contribution in [1.82, 2.24) is 25.3 Å². The molecule has 18 heavy (non-hydrogen) atoms. The highest BCUT2D eigenvalue weighted by Gasteiger charge is 2.11. The fraction of sp³-hybridized carbons (Fsp3) is 0.417. The first-order chi connectivity index (χ1) is 8.58. The lowest BCUT2D eigenvalue weighted by Crippen LogP contribution is -2.21. The first-order valence-corrected chi connectivity index (χ1v) is 6.60. The van der Waals surface area contributed by atoms with Crippen molar-refractivity contribution in [3.05, 3.63) is 28.6 Å². The highest BCUT2D eigenvalue weighted by Crippen LogP contribution is 2.25. The summed E-state index contributed by atoms with van der Waals surface area (Å²) < 4.78 is 2.47. The van der Waals surface area contributed by atoms with Crippen LogP contribution in [0.1, 0.15) is 19.4 Å². The lowest BCUT2D eigenvalue weighted by molar-refractivity contribution is 0.588. The summed E-state index contributed by atoms with van der Waals surface area (Å²) in [5.41, 5.74) is 3.10. The molecule has 0 unspecified atom stereocenters. The minimum Gasteiger partial charge on any atom is -0.310 e. The predicted octanol–water partition coefficient (Wildman–Crippen LogP) is 2.14. The average Bonchev–Trinajstić information content (AvgIpc) is 2.67. The standard InChI is InChI=1S/C12H16BrN5/c1-8(2)15-6-9-4-10(7-14-5-9)11-12(13)16-17-18(11)3/h4-5,7-8,15H,6H2,1-3H3. The monoisotopic (exact) mass is 309 g/mol. The molecule has 5 nitrogen and oxygen atoms in total. The van der Waals surface area contributed by atoms with Gasteiger partial charge in [-0.3, -0.25) is 4.98 Å². The highest BCUT2D eigenvalue weighted by atomic mass is 79.9. The molecule has 0 fully saturated rings. The Labute approximate surface area is 115 Å². The third-order valence-corrected chi connectivity index (χ3v) is 3.10. The Morgan fingerprint density at radius 2 is 2.17 bits per heavy atom. The lowest BCUT2D eigenvalue weighted by atomic mass is 10.1. The SMILES string of the molecule is CC(C)NCc1cncc(-c2c(Br)nnn2C)c1. The number of aryl methyl sites for hydroxylation is 1. The molecule has 0 atom stereocenters. The molecule has 2 heterocycles. The second-order valence-corrected chi connectivity index (χ2v) is 5.22. The van der Waals surface area contributed by atoms with Crippen LogP contribution in [-0.2, 0) is 13.6 Å². The van der Waals surface area contributed by atoms with Gasteiger partial charge in [0.05, 0.1) is 0 Å². The van der Waals surface area contributed by atoms with Crippen molar-refractivity contribution >= 4 is 15.9 Å². The van der Waals surface area contributed by atoms with E-state index in [0.717, 1.165) is 28.0 Å². The Morgan fingerprint density at radius 3 is 2.78 bits per heavy atom. The van der Waals surface area contributed by atoms with E-state index in [2.05, 4.69) is 56.5 Å². The molecule has 0 aliphatic heterocycles. The van der Waals surface area contributed by atoms with E-state index in [9.17, 15) is 0 Å². The van der Waals surface area contributed by atoms with Crippen LogP contribution in [0.3, 0.4) is 0 Å². The Morgan fingerprint density at radius 1 is 1.39 bits per heavy atom. The maximum absolute atomic E-state index is 4.27. The summed E-state index contributed by atoms with van der Waals surface area (Å²) in [6.45, 7) is 5.05. The van der Waals surface area contributed by atoms with Gasteiger partial charge < -0.3 is 5.32 Å². The largest absolute Gasteiger partial charge is 0.310 e. The van der Waals surface area contributed by atoms with Gasteiger partial charge in [0.25, 0.3) is 0 Å². The zero-order chi connectivity index (χ0) is 13.1. The van der Waals surface area contributed by atoms with E-state index < -0.39 is 0 Å². The van der Waals surface area contributed by atoms with Crippen molar-refractivity contribution in [3.63, 3.8) is 0 Å². The summed E-state index contributed by atoms with van der Waals surface area (Å²) in [7, 11) is 1.87. The Balaban J connectivity index is 2.27. The van der Waals surface area contributed by atoms with Gasteiger partial charge in [0, 0.05) is 37.6 Å². The summed E-state index contributed by atoms with van der Waals surface area (Å²) in [5.74, 6) is 0. The number of halogens is 1. The predicted molar refractivity (Wildman–Crippen MR) is 73.9 cm³/mol. The Bertz CT molecular complexity index is 516. The maximum atomic E-state index is 4.27. The molecule has 0 spiro atoms. The molecular formula is C12H16BrN5. The van der Waals surface area contributed by atoms with Crippen LogP contribution in [0.5, 0.6) is 0 Å². The maximum Gasteiger partial charge on any atom is 0.156 e. The van der Waals surface area contributed by atoms with Crippen LogP contribution in [0, 0.1) is 0 Å². The summed E-state index contributed by atoms with van der Waals surface area (Å²) in [6, 6.07) is 2.56. The molecule has 1 N–H and O–H groups in total. The number of pyridine rings is 1. The highest BCUT2D eigenvalue weighted by molar-refractivity contribution is 9.10. The van der Waals surface area contributed by atoms with Crippen molar-refractivity contribution < 1.29 is 0 Å². The van der Waals surface area contributed by atoms with Crippen LogP contribution in [0.25, 0.3) is 11.3 Å². The van der Waals surface area contributed by atoms with Gasteiger partial charge in [0.2, 0.25) is 0 Å². The molecule has 0 radical (unpaired) electrons. The molecule has 0 bridgehead atoms. The fourth-order valence-electron chi connectivity index (χ4n) is 1.67. The second-order valence-electron chi connectivity index (χ2n) is 4.47. The normalized spacial score (nSPS) is 11.2. The van der Waals surface area contributed by atoms with Gasteiger partial charge in [-0.25, -0.2) is 4.68 Å². The van der Waals surface area contributed by atoms with Gasteiger partial charge in [0.1, 0.15) is 5.69 Å². The van der Waals surface area contributed by atoms with Gasteiger partial charge in [-0.05, 0) is 27.6 Å². The summed E-state index contributed by atoms with van der Waals surface area (Å²) in [5, 5.41) is 11.3. The van der Waals surface area contributed by atoms with E-state index in [1.54, 1.807) is 4.68 Å². The average molecular weight is 310 g/mol. The van der Waals surface area contributed by atoms with Gasteiger partial charge in [-0.2, -0.15) is 0 Å². The Kier molecular flexibility index (Phi) is 4.08. The van der Waals surface area contributed by atoms with Crippen LogP contribution in [0.4, 0.5) is 0 Å². The van der Waals surface area contributed by atoms with Crippen molar-refractivity contribution in [2.75, 3.05) is 0 Å². The summed E-state index contributed by atoms with van der Waals surface area (Å²) >= 11 is 3.40. The van der Waals surface area contributed by atoms with E-state index >= 15 is 0 Å². The quantitative estimate of drug-likeness (QED) is 0.940. The van der Waals surface area contributed by atoms with Gasteiger partial charge in [-0.1, -0.05) is 19.1 Å². The summed E-state index contributed by atoms with van der Waals surface area (Å²) in [4.78, 5) is 4.27. The molecule has 96 valence electrons. The number of aromatic nitrogens is 4. The molecular weight excluding hydrogens is 294 g/mol. The first-order valence-electron chi connectivity index (χ1n) is 5.80. The van der Waals surface area contributed by atoms with Gasteiger partial charge >= 0.3 is 0 Å². The topological polar surface area (TPSA) is 55.6 Å². The number of nitrogens with zero attached hydrogens (tertiary/aromatic N) is 4. The smallest absolute Gasteiger partial charge is 0.156 e. The molecule has 0 aromatic carbocycles. The minimum atomic E-state index is 0.457. The van der Waals surface area contributed by atoms with Gasteiger partial charge in [-0.15, -0.1) is 5.10 Å². The zero-order valence-corrected chi connectivity index (χ0v) is 12.3. The van der Waals surface area contributed by atoms with Crippen LogP contribution in [-0.4, -0.2) is 26.0 Å². The number of rotatable bonds is 4. The lowest BCUT2D eigenvalue weighted by Gasteiger charge is -2.09. The van der Waals surface area contributed by atoms with E-state index in [0.29, 0.717) is 6.04 Å². The minimum absolute atomic E-state index is 0.457. The van der Waals surface area contributed by atoms with Crippen LogP contribution >= 0.6 is 15.9 Å². The third-order valence-electron chi connectivity index (χ3n) is 2.57. The number of hydrogen-bond acceptors (Lipinski definition) is 4. The number of hydrogen-bond donors (Lipinski definition) is 1. The molecule has 0 saturated carbocycles. The van der Waals surface area contributed by atoms with E-state index in [-0.39, 0.29) is 0 Å². The molecule has 0 amide bonds. The van der Waals surface area contributed by atoms with Crippen molar-refractivity contribution in [1.29, 1.82) is 0 Å². The van der Waals surface area contributed by atoms with E-state index in [1.807, 2.05) is 19.4 Å². The number of nitrogens with one attached hydrogen (secondary N) is 1. The van der Waals surface area contributed by atoms with Crippen molar-refractivity contribution in [3.8, 4) is 11.3 Å². The molecule has 0 aliphatic carbocycles. The fourth-order valence-corrected chi connectivity index (χ4v) is 2.23. The van der Waals surface area contributed by atoms with Crippen LogP contribution < -0.4 is 5.32 Å². The van der Waals surface area contributed by atoms with Crippen LogP contribution in [0.15, 0.2) is 23.1 Å². The molecule has 6 heteroatoms. The van der Waals surface area contributed by atoms with Crippen LogP contribution in [0.2, 0.25) is 0 Å². The van der Waals surface area contributed by atoms with E-state index in [1.165, 1.54) is 0 Å². The second kappa shape index (κ2) is 5.58. The van der Waals surface area contributed by atoms with E-state index in [4.69, 9.17) is 0 Å². The molecule has 2 aromatic rings. The van der Waals surface area contributed by atoms with Crippen molar-refractivity contribution in [2.24, 2.45) is 7.05 Å². The molecule has 0 saturated heterocycles. The zero-order valence-electron chi connectivity index (χ0n) is 10.7. The van der Waals surface area contributed by atoms with Crippen molar-refractivity contribution in [2.45, 2.75) is 26.4 Å².